The molecule has 0 bridgehead atoms. The summed E-state index contributed by atoms with van der Waals surface area (Å²) in [4.78, 5) is 0. The monoisotopic (exact) mass is 197 g/mol. The summed E-state index contributed by atoms with van der Waals surface area (Å²) in [5.41, 5.74) is 6.54. The Morgan fingerprint density at radius 2 is 1.71 bits per heavy atom. The summed E-state index contributed by atoms with van der Waals surface area (Å²) in [6.07, 6.45) is 2.07. The lowest BCUT2D eigenvalue weighted by atomic mass is 9.93. The van der Waals surface area contributed by atoms with Crippen LogP contribution in [0.5, 0.6) is 0 Å². The lowest BCUT2D eigenvalue weighted by Crippen LogP contribution is -2.20. The van der Waals surface area contributed by atoms with Gasteiger partial charge in [0.25, 0.3) is 0 Å². The van der Waals surface area contributed by atoms with E-state index in [9.17, 15) is 8.78 Å². The fourth-order valence-electron chi connectivity index (χ4n) is 1.67. The molecule has 1 atom stereocenters. The third-order valence-corrected chi connectivity index (χ3v) is 3.03. The van der Waals surface area contributed by atoms with E-state index in [1.165, 1.54) is 12.1 Å². The normalized spacial score (nSPS) is 20.6. The molecule has 1 nitrogen and oxygen atoms in total. The predicted octanol–water partition coefficient (Wildman–Crippen LogP) is 2.76. The molecule has 0 heterocycles. The van der Waals surface area contributed by atoms with Crippen LogP contribution in [0.2, 0.25) is 0 Å². The van der Waals surface area contributed by atoms with Crippen molar-refractivity contribution in [1.29, 1.82) is 0 Å². The molecule has 0 spiro atoms. The maximum atomic E-state index is 12.9. The van der Waals surface area contributed by atoms with E-state index in [-0.39, 0.29) is 11.5 Å². The number of nitrogens with two attached hydrogens (primary N) is 1. The molecule has 1 saturated carbocycles. The summed E-state index contributed by atoms with van der Waals surface area (Å²) in [6, 6.07) is 3.24. The molecule has 0 aromatic heterocycles. The Morgan fingerprint density at radius 3 is 2.14 bits per heavy atom. The molecule has 1 fully saturated rings. The average molecular weight is 197 g/mol. The van der Waals surface area contributed by atoms with Gasteiger partial charge < -0.3 is 5.73 Å². The maximum Gasteiger partial charge on any atom is 0.126 e. The van der Waals surface area contributed by atoms with Crippen LogP contribution >= 0.6 is 0 Å². The highest BCUT2D eigenvalue weighted by Crippen LogP contribution is 2.53. The minimum absolute atomic E-state index is 0.0419. The van der Waals surface area contributed by atoms with Crippen LogP contribution < -0.4 is 5.73 Å². The van der Waals surface area contributed by atoms with E-state index in [0.29, 0.717) is 5.56 Å². The fraction of sp³-hybridized carbons (Fsp3) is 0.455. The Morgan fingerprint density at radius 1 is 1.21 bits per heavy atom. The quantitative estimate of drug-likeness (QED) is 0.775. The molecule has 14 heavy (non-hydrogen) atoms. The van der Waals surface area contributed by atoms with E-state index < -0.39 is 11.6 Å². The maximum absolute atomic E-state index is 12.9. The second kappa shape index (κ2) is 3.02. The van der Waals surface area contributed by atoms with E-state index in [0.717, 1.165) is 18.9 Å². The molecule has 1 unspecified atom stereocenters. The SMILES string of the molecule is CC1(C(N)c2cc(F)cc(F)c2)CC1. The topological polar surface area (TPSA) is 26.0 Å². The second-order valence-corrected chi connectivity index (χ2v) is 4.33. The van der Waals surface area contributed by atoms with Crippen LogP contribution in [0.25, 0.3) is 0 Å². The Bertz CT molecular complexity index is 338. The van der Waals surface area contributed by atoms with Crippen molar-refractivity contribution in [3.8, 4) is 0 Å². The zero-order valence-corrected chi connectivity index (χ0v) is 8.06. The van der Waals surface area contributed by atoms with Crippen LogP contribution in [-0.2, 0) is 0 Å². The van der Waals surface area contributed by atoms with Gasteiger partial charge in [-0.15, -0.1) is 0 Å². The Hall–Kier alpha value is -0.960. The molecule has 0 saturated heterocycles. The lowest BCUT2D eigenvalue weighted by Gasteiger charge is -2.19. The summed E-state index contributed by atoms with van der Waals surface area (Å²) >= 11 is 0. The van der Waals surface area contributed by atoms with E-state index in [4.69, 9.17) is 5.73 Å². The van der Waals surface area contributed by atoms with Gasteiger partial charge in [-0.05, 0) is 36.0 Å². The standard InChI is InChI=1S/C11H13F2N/c1-11(2-3-11)10(14)7-4-8(12)6-9(13)5-7/h4-6,10H,2-3,14H2,1H3. The van der Waals surface area contributed by atoms with Crippen LogP contribution in [0, 0.1) is 17.0 Å². The largest absolute Gasteiger partial charge is 0.323 e. The number of benzene rings is 1. The first-order valence-corrected chi connectivity index (χ1v) is 4.73. The highest BCUT2D eigenvalue weighted by molar-refractivity contribution is 5.24. The van der Waals surface area contributed by atoms with Crippen LogP contribution in [-0.4, -0.2) is 0 Å². The van der Waals surface area contributed by atoms with Crippen molar-refractivity contribution in [2.45, 2.75) is 25.8 Å². The van der Waals surface area contributed by atoms with Crippen LogP contribution in [0.4, 0.5) is 8.78 Å². The van der Waals surface area contributed by atoms with Gasteiger partial charge in [-0.1, -0.05) is 6.92 Å². The number of hydrogen-bond donors (Lipinski definition) is 1. The van der Waals surface area contributed by atoms with Crippen molar-refractivity contribution in [3.63, 3.8) is 0 Å². The molecule has 2 rings (SSSR count). The number of hydrogen-bond acceptors (Lipinski definition) is 1. The molecule has 0 amide bonds. The molecule has 2 N–H and O–H groups in total. The Balaban J connectivity index is 2.31. The van der Waals surface area contributed by atoms with Gasteiger partial charge in [-0.3, -0.25) is 0 Å². The van der Waals surface area contributed by atoms with Crippen molar-refractivity contribution >= 4 is 0 Å². The van der Waals surface area contributed by atoms with Crippen molar-refractivity contribution in [2.24, 2.45) is 11.1 Å². The zero-order chi connectivity index (χ0) is 10.3. The van der Waals surface area contributed by atoms with E-state index >= 15 is 0 Å². The Labute approximate surface area is 81.9 Å². The molecule has 1 aliphatic rings. The summed E-state index contributed by atoms with van der Waals surface area (Å²) < 4.78 is 25.8. The molecule has 1 aliphatic carbocycles. The van der Waals surface area contributed by atoms with E-state index in [2.05, 4.69) is 0 Å². The van der Waals surface area contributed by atoms with Gasteiger partial charge in [0.1, 0.15) is 11.6 Å². The van der Waals surface area contributed by atoms with Gasteiger partial charge in [0.15, 0.2) is 0 Å². The van der Waals surface area contributed by atoms with Crippen LogP contribution in [0.1, 0.15) is 31.4 Å². The van der Waals surface area contributed by atoms with E-state index in [1.54, 1.807) is 0 Å². The van der Waals surface area contributed by atoms with Crippen molar-refractivity contribution in [3.05, 3.63) is 35.4 Å². The summed E-state index contributed by atoms with van der Waals surface area (Å²) in [5.74, 6) is -1.11. The predicted molar refractivity (Wildman–Crippen MR) is 50.6 cm³/mol. The minimum atomic E-state index is -0.556. The third-order valence-electron chi connectivity index (χ3n) is 3.03. The number of rotatable bonds is 2. The van der Waals surface area contributed by atoms with Crippen LogP contribution in [0.3, 0.4) is 0 Å². The molecule has 3 heteroatoms. The highest BCUT2D eigenvalue weighted by atomic mass is 19.1. The Kier molecular flexibility index (Phi) is 2.07. The molecule has 0 radical (unpaired) electrons. The van der Waals surface area contributed by atoms with Gasteiger partial charge >= 0.3 is 0 Å². The third kappa shape index (κ3) is 1.64. The van der Waals surface area contributed by atoms with Gasteiger partial charge in [0.05, 0.1) is 0 Å². The zero-order valence-electron chi connectivity index (χ0n) is 8.06. The second-order valence-electron chi connectivity index (χ2n) is 4.33. The highest BCUT2D eigenvalue weighted by Gasteiger charge is 2.43. The lowest BCUT2D eigenvalue weighted by molar-refractivity contribution is 0.445. The smallest absolute Gasteiger partial charge is 0.126 e. The molecular formula is C11H13F2N. The van der Waals surface area contributed by atoms with Gasteiger partial charge in [-0.25, -0.2) is 8.78 Å². The average Bonchev–Trinajstić information content (AvgIpc) is 2.82. The first-order valence-electron chi connectivity index (χ1n) is 4.73. The molecule has 76 valence electrons. The summed E-state index contributed by atoms with van der Waals surface area (Å²) in [7, 11) is 0. The van der Waals surface area contributed by atoms with Gasteiger partial charge in [0.2, 0.25) is 0 Å². The van der Waals surface area contributed by atoms with Crippen LogP contribution in [0.15, 0.2) is 18.2 Å². The van der Waals surface area contributed by atoms with Crippen molar-refractivity contribution in [2.75, 3.05) is 0 Å². The fourth-order valence-corrected chi connectivity index (χ4v) is 1.67. The summed E-state index contributed by atoms with van der Waals surface area (Å²) in [5, 5.41) is 0. The first-order chi connectivity index (χ1) is 6.51. The van der Waals surface area contributed by atoms with E-state index in [1.807, 2.05) is 6.92 Å². The minimum Gasteiger partial charge on any atom is -0.323 e. The first kappa shape index (κ1) is 9.59. The number of halogens is 2. The molecule has 0 aliphatic heterocycles. The summed E-state index contributed by atoms with van der Waals surface area (Å²) in [6.45, 7) is 2.04. The van der Waals surface area contributed by atoms with Crippen molar-refractivity contribution < 1.29 is 8.78 Å². The molecule has 1 aromatic rings. The molecular weight excluding hydrogens is 184 g/mol. The van der Waals surface area contributed by atoms with Gasteiger partial charge in [-0.2, -0.15) is 0 Å². The molecule has 1 aromatic carbocycles. The van der Waals surface area contributed by atoms with Gasteiger partial charge in [0, 0.05) is 12.1 Å². The van der Waals surface area contributed by atoms with Crippen molar-refractivity contribution in [1.82, 2.24) is 0 Å².